The number of nitrogens with zero attached hydrogens (tertiary/aromatic N) is 2. The van der Waals surface area contributed by atoms with Gasteiger partial charge >= 0.3 is 0 Å². The number of hydrogen-bond donors (Lipinski definition) is 1. The maximum atomic E-state index is 5.88. The first-order valence-corrected chi connectivity index (χ1v) is 4.73. The van der Waals surface area contributed by atoms with Gasteiger partial charge in [-0.3, -0.25) is 0 Å². The zero-order valence-electron chi connectivity index (χ0n) is 7.92. The molecule has 0 saturated heterocycles. The molecule has 3 nitrogen and oxygen atoms in total. The van der Waals surface area contributed by atoms with Gasteiger partial charge in [-0.2, -0.15) is 0 Å². The number of aromatic nitrogens is 1. The Morgan fingerprint density at radius 2 is 2.08 bits per heavy atom. The van der Waals surface area contributed by atoms with Crippen molar-refractivity contribution in [3.63, 3.8) is 0 Å². The van der Waals surface area contributed by atoms with Gasteiger partial charge in [0.1, 0.15) is 0 Å². The smallest absolute Gasteiger partial charge is 0.153 e. The highest BCUT2D eigenvalue weighted by atomic mass is 35.5. The Bertz CT molecular complexity index is 284. The third-order valence-corrected chi connectivity index (χ3v) is 2.31. The molecule has 4 heteroatoms. The standard InChI is InChI=1S/C9H14ClN3/c1-3-13(4-2)9-8(11)7(10)5-6-12-9/h5-6H,3-4,11H2,1-2H3. The van der Waals surface area contributed by atoms with E-state index >= 15 is 0 Å². The molecule has 0 aliphatic rings. The Morgan fingerprint density at radius 1 is 1.46 bits per heavy atom. The molecule has 1 heterocycles. The average Bonchev–Trinajstić information content (AvgIpc) is 2.14. The van der Waals surface area contributed by atoms with Crippen LogP contribution in [0.4, 0.5) is 11.5 Å². The first-order chi connectivity index (χ1) is 6.20. The normalized spacial score (nSPS) is 10.1. The summed E-state index contributed by atoms with van der Waals surface area (Å²) in [5, 5.41) is 0.567. The molecule has 72 valence electrons. The Labute approximate surface area is 83.5 Å². The van der Waals surface area contributed by atoms with E-state index in [2.05, 4.69) is 23.7 Å². The minimum Gasteiger partial charge on any atom is -0.395 e. The van der Waals surface area contributed by atoms with E-state index in [-0.39, 0.29) is 0 Å². The van der Waals surface area contributed by atoms with E-state index in [9.17, 15) is 0 Å². The molecule has 0 unspecified atom stereocenters. The second-order valence-electron chi connectivity index (χ2n) is 2.70. The number of anilines is 2. The van der Waals surface area contributed by atoms with Crippen molar-refractivity contribution in [1.29, 1.82) is 0 Å². The lowest BCUT2D eigenvalue weighted by molar-refractivity contribution is 0.848. The Kier molecular flexibility index (Phi) is 3.37. The first kappa shape index (κ1) is 10.1. The molecule has 0 fully saturated rings. The average molecular weight is 200 g/mol. The quantitative estimate of drug-likeness (QED) is 0.812. The highest BCUT2D eigenvalue weighted by molar-refractivity contribution is 6.33. The van der Waals surface area contributed by atoms with E-state index in [4.69, 9.17) is 17.3 Å². The van der Waals surface area contributed by atoms with E-state index in [1.54, 1.807) is 12.3 Å². The maximum absolute atomic E-state index is 5.88. The van der Waals surface area contributed by atoms with Crippen LogP contribution in [0.1, 0.15) is 13.8 Å². The maximum Gasteiger partial charge on any atom is 0.153 e. The topological polar surface area (TPSA) is 42.2 Å². The molecule has 0 aromatic carbocycles. The number of pyridine rings is 1. The predicted molar refractivity (Wildman–Crippen MR) is 57.2 cm³/mol. The summed E-state index contributed by atoms with van der Waals surface area (Å²) in [6, 6.07) is 1.70. The molecule has 0 radical (unpaired) electrons. The number of hydrogen-bond acceptors (Lipinski definition) is 3. The molecule has 0 saturated carbocycles. The van der Waals surface area contributed by atoms with Crippen molar-refractivity contribution in [3.05, 3.63) is 17.3 Å². The van der Waals surface area contributed by atoms with Gasteiger partial charge in [-0.1, -0.05) is 11.6 Å². The summed E-state index contributed by atoms with van der Waals surface area (Å²) in [6.07, 6.45) is 1.67. The fourth-order valence-corrected chi connectivity index (χ4v) is 1.36. The van der Waals surface area contributed by atoms with Crippen molar-refractivity contribution in [2.45, 2.75) is 13.8 Å². The zero-order chi connectivity index (χ0) is 9.84. The van der Waals surface area contributed by atoms with Gasteiger partial charge in [0.2, 0.25) is 0 Å². The van der Waals surface area contributed by atoms with Crippen LogP contribution in [0.25, 0.3) is 0 Å². The molecule has 0 spiro atoms. The lowest BCUT2D eigenvalue weighted by Gasteiger charge is -2.21. The van der Waals surface area contributed by atoms with Crippen molar-refractivity contribution < 1.29 is 0 Å². The van der Waals surface area contributed by atoms with Crippen LogP contribution in [0.15, 0.2) is 12.3 Å². The van der Waals surface area contributed by atoms with E-state index in [1.807, 2.05) is 0 Å². The zero-order valence-corrected chi connectivity index (χ0v) is 8.67. The van der Waals surface area contributed by atoms with E-state index < -0.39 is 0 Å². The molecule has 0 aliphatic heterocycles. The Hall–Kier alpha value is -0.960. The number of nitrogens with two attached hydrogens (primary N) is 1. The van der Waals surface area contributed by atoms with Crippen LogP contribution in [0, 0.1) is 0 Å². The van der Waals surface area contributed by atoms with Gasteiger partial charge in [0, 0.05) is 19.3 Å². The summed E-state index contributed by atoms with van der Waals surface area (Å²) in [4.78, 5) is 6.27. The van der Waals surface area contributed by atoms with Gasteiger partial charge in [0.05, 0.1) is 10.7 Å². The molecule has 0 aliphatic carbocycles. The predicted octanol–water partition coefficient (Wildman–Crippen LogP) is 2.16. The lowest BCUT2D eigenvalue weighted by atomic mass is 10.3. The van der Waals surface area contributed by atoms with E-state index in [0.717, 1.165) is 18.9 Å². The number of halogens is 1. The first-order valence-electron chi connectivity index (χ1n) is 4.35. The van der Waals surface area contributed by atoms with Gasteiger partial charge in [-0.15, -0.1) is 0 Å². The molecule has 0 amide bonds. The van der Waals surface area contributed by atoms with Gasteiger partial charge < -0.3 is 10.6 Å². The molecule has 1 aromatic rings. The van der Waals surface area contributed by atoms with Crippen LogP contribution in [0.2, 0.25) is 5.02 Å². The largest absolute Gasteiger partial charge is 0.395 e. The molecule has 13 heavy (non-hydrogen) atoms. The fourth-order valence-electron chi connectivity index (χ4n) is 1.21. The lowest BCUT2D eigenvalue weighted by Crippen LogP contribution is -2.24. The minimum absolute atomic E-state index is 0.563. The summed E-state index contributed by atoms with van der Waals surface area (Å²) >= 11 is 5.88. The Balaban J connectivity index is 3.05. The highest BCUT2D eigenvalue weighted by Gasteiger charge is 2.09. The molecule has 1 rings (SSSR count). The van der Waals surface area contributed by atoms with Gasteiger partial charge in [-0.25, -0.2) is 4.98 Å². The molecule has 1 aromatic heterocycles. The van der Waals surface area contributed by atoms with Crippen LogP contribution in [-0.2, 0) is 0 Å². The van der Waals surface area contributed by atoms with E-state index in [1.165, 1.54) is 0 Å². The van der Waals surface area contributed by atoms with Crippen molar-refractivity contribution >= 4 is 23.1 Å². The van der Waals surface area contributed by atoms with Crippen molar-refractivity contribution in [1.82, 2.24) is 4.98 Å². The van der Waals surface area contributed by atoms with Gasteiger partial charge in [-0.05, 0) is 19.9 Å². The summed E-state index contributed by atoms with van der Waals surface area (Å²) in [5.41, 5.74) is 6.36. The Morgan fingerprint density at radius 3 is 2.62 bits per heavy atom. The third-order valence-electron chi connectivity index (χ3n) is 1.98. The molecule has 2 N–H and O–H groups in total. The molecule has 0 atom stereocenters. The molecule has 0 bridgehead atoms. The second kappa shape index (κ2) is 4.33. The SMILES string of the molecule is CCN(CC)c1nccc(Cl)c1N. The van der Waals surface area contributed by atoms with Gasteiger partial charge in [0.25, 0.3) is 0 Å². The van der Waals surface area contributed by atoms with Gasteiger partial charge in [0.15, 0.2) is 5.82 Å². The van der Waals surface area contributed by atoms with Crippen LogP contribution in [0.5, 0.6) is 0 Å². The molecular weight excluding hydrogens is 186 g/mol. The summed E-state index contributed by atoms with van der Waals surface area (Å²) in [6.45, 7) is 5.89. The summed E-state index contributed by atoms with van der Waals surface area (Å²) in [7, 11) is 0. The monoisotopic (exact) mass is 199 g/mol. The van der Waals surface area contributed by atoms with Crippen molar-refractivity contribution in [2.24, 2.45) is 0 Å². The summed E-state index contributed by atoms with van der Waals surface area (Å²) < 4.78 is 0. The third kappa shape index (κ3) is 2.04. The van der Waals surface area contributed by atoms with Crippen LogP contribution in [-0.4, -0.2) is 18.1 Å². The van der Waals surface area contributed by atoms with Crippen molar-refractivity contribution in [3.8, 4) is 0 Å². The second-order valence-corrected chi connectivity index (χ2v) is 3.11. The molecular formula is C9H14ClN3. The number of rotatable bonds is 3. The van der Waals surface area contributed by atoms with E-state index in [0.29, 0.717) is 10.7 Å². The summed E-state index contributed by atoms with van der Waals surface area (Å²) in [5.74, 6) is 0.775. The van der Waals surface area contributed by atoms with Crippen LogP contribution in [0.3, 0.4) is 0 Å². The minimum atomic E-state index is 0.563. The highest BCUT2D eigenvalue weighted by Crippen LogP contribution is 2.26. The van der Waals surface area contributed by atoms with Crippen LogP contribution >= 0.6 is 11.6 Å². The number of nitrogen functional groups attached to an aromatic ring is 1. The van der Waals surface area contributed by atoms with Crippen LogP contribution < -0.4 is 10.6 Å². The van der Waals surface area contributed by atoms with Crippen molar-refractivity contribution in [2.75, 3.05) is 23.7 Å². The fraction of sp³-hybridized carbons (Fsp3) is 0.444.